The molecule has 0 saturated heterocycles. The molecule has 1 unspecified atom stereocenters. The van der Waals surface area contributed by atoms with Gasteiger partial charge in [-0.15, -0.1) is 0 Å². The topological polar surface area (TPSA) is 139 Å². The van der Waals surface area contributed by atoms with E-state index in [1.165, 1.54) is 23.4 Å². The number of fused-ring (bicyclic) bond motifs is 1. The van der Waals surface area contributed by atoms with Crippen molar-refractivity contribution in [3.8, 4) is 0 Å². The number of nitrogens with zero attached hydrogens (tertiary/aromatic N) is 2. The Kier molecular flexibility index (Phi) is 8.60. The minimum Gasteiger partial charge on any atom is -0.271 e. The van der Waals surface area contributed by atoms with E-state index in [1.807, 2.05) is 6.26 Å². The molecule has 1 aromatic heterocycles. The maximum Gasteiger partial charge on any atom is 0.290 e. The standard InChI is InChI=1S/C19H27N5O5S2/c1-5-31(28,29)23-15(10-11-30-4)17(25)20-21-18(26)16-13-8-6-7-9-14(13)19(27)24(22-16)12(2)3/h6-9,12,15,23H,5,10-11H2,1-4H3,(H,20,25)(H,21,26). The SMILES string of the molecule is CCS(=O)(=O)NC(CCSC)C(=O)NNC(=O)c1nn(C(C)C)c(=O)c2ccccc12. The molecule has 0 spiro atoms. The molecule has 2 amide bonds. The van der Waals surface area contributed by atoms with Crippen molar-refractivity contribution >= 4 is 44.4 Å². The molecule has 2 rings (SSSR count). The second kappa shape index (κ2) is 10.7. The number of thioether (sulfide) groups is 1. The maximum absolute atomic E-state index is 12.8. The first-order valence-corrected chi connectivity index (χ1v) is 12.8. The lowest BCUT2D eigenvalue weighted by Crippen LogP contribution is -2.53. The lowest BCUT2D eigenvalue weighted by Gasteiger charge is -2.18. The molecule has 0 aliphatic heterocycles. The quantitative estimate of drug-likeness (QED) is 0.462. The number of aromatic nitrogens is 2. The molecule has 0 aliphatic carbocycles. The van der Waals surface area contributed by atoms with Crippen molar-refractivity contribution in [1.82, 2.24) is 25.4 Å². The van der Waals surface area contributed by atoms with Gasteiger partial charge in [0, 0.05) is 5.39 Å². The van der Waals surface area contributed by atoms with E-state index in [0.717, 1.165) is 0 Å². The van der Waals surface area contributed by atoms with Crippen LogP contribution < -0.4 is 21.1 Å². The first kappa shape index (κ1) is 24.8. The molecule has 0 radical (unpaired) electrons. The number of rotatable bonds is 9. The van der Waals surface area contributed by atoms with E-state index < -0.39 is 27.9 Å². The number of hydrogen-bond acceptors (Lipinski definition) is 7. The highest BCUT2D eigenvalue weighted by atomic mass is 32.2. The van der Waals surface area contributed by atoms with Crippen molar-refractivity contribution in [3.63, 3.8) is 0 Å². The first-order valence-electron chi connectivity index (χ1n) is 9.72. The molecule has 31 heavy (non-hydrogen) atoms. The van der Waals surface area contributed by atoms with Crippen molar-refractivity contribution in [2.75, 3.05) is 17.8 Å². The summed E-state index contributed by atoms with van der Waals surface area (Å²) in [5, 5.41) is 4.85. The Labute approximate surface area is 185 Å². The summed E-state index contributed by atoms with van der Waals surface area (Å²) in [5.41, 5.74) is 4.19. The summed E-state index contributed by atoms with van der Waals surface area (Å²) in [4.78, 5) is 37.9. The molecule has 10 nitrogen and oxygen atoms in total. The monoisotopic (exact) mass is 469 g/mol. The summed E-state index contributed by atoms with van der Waals surface area (Å²) in [6.45, 7) is 5.00. The second-order valence-corrected chi connectivity index (χ2v) is 10.1. The van der Waals surface area contributed by atoms with Crippen molar-refractivity contribution in [3.05, 3.63) is 40.3 Å². The van der Waals surface area contributed by atoms with E-state index in [4.69, 9.17) is 0 Å². The van der Waals surface area contributed by atoms with Crippen LogP contribution in [0.25, 0.3) is 10.8 Å². The average molecular weight is 470 g/mol. The highest BCUT2D eigenvalue weighted by Gasteiger charge is 2.24. The number of hydrazine groups is 1. The summed E-state index contributed by atoms with van der Waals surface area (Å²) >= 11 is 1.46. The van der Waals surface area contributed by atoms with E-state index >= 15 is 0 Å². The third-order valence-corrected chi connectivity index (χ3v) is 6.51. The number of benzene rings is 1. The molecule has 3 N–H and O–H groups in total. The van der Waals surface area contributed by atoms with E-state index in [2.05, 4.69) is 20.7 Å². The fourth-order valence-corrected chi connectivity index (χ4v) is 4.06. The molecule has 170 valence electrons. The van der Waals surface area contributed by atoms with Gasteiger partial charge in [-0.3, -0.25) is 25.2 Å². The molecular formula is C19H27N5O5S2. The van der Waals surface area contributed by atoms with Crippen LogP contribution in [0.15, 0.2) is 29.1 Å². The van der Waals surface area contributed by atoms with Crippen molar-refractivity contribution in [2.45, 2.75) is 39.3 Å². The van der Waals surface area contributed by atoms with Gasteiger partial charge in [0.05, 0.1) is 17.2 Å². The molecule has 12 heteroatoms. The molecule has 0 saturated carbocycles. The third-order valence-electron chi connectivity index (χ3n) is 4.46. The Morgan fingerprint density at radius 2 is 1.81 bits per heavy atom. The summed E-state index contributed by atoms with van der Waals surface area (Å²) in [7, 11) is -3.62. The first-order chi connectivity index (χ1) is 14.6. The molecule has 1 aromatic carbocycles. The van der Waals surface area contributed by atoms with Gasteiger partial charge in [0.2, 0.25) is 10.0 Å². The number of sulfonamides is 1. The van der Waals surface area contributed by atoms with Gasteiger partial charge in [0.15, 0.2) is 5.69 Å². The Balaban J connectivity index is 2.26. The highest BCUT2D eigenvalue weighted by molar-refractivity contribution is 7.98. The van der Waals surface area contributed by atoms with Gasteiger partial charge in [-0.05, 0) is 45.3 Å². The molecule has 0 bridgehead atoms. The Morgan fingerprint density at radius 1 is 1.16 bits per heavy atom. The fraction of sp³-hybridized carbons (Fsp3) is 0.474. The van der Waals surface area contributed by atoms with Crippen molar-refractivity contribution in [2.24, 2.45) is 0 Å². The van der Waals surface area contributed by atoms with Crippen molar-refractivity contribution in [1.29, 1.82) is 0 Å². The number of nitrogens with one attached hydrogen (secondary N) is 3. The minimum atomic E-state index is -3.62. The smallest absolute Gasteiger partial charge is 0.271 e. The molecule has 1 heterocycles. The van der Waals surface area contributed by atoms with E-state index in [0.29, 0.717) is 16.5 Å². The number of amides is 2. The van der Waals surface area contributed by atoms with Crippen molar-refractivity contribution < 1.29 is 18.0 Å². The fourth-order valence-electron chi connectivity index (χ4n) is 2.77. The largest absolute Gasteiger partial charge is 0.290 e. The summed E-state index contributed by atoms with van der Waals surface area (Å²) in [6, 6.07) is 5.25. The van der Waals surface area contributed by atoms with Crippen LogP contribution >= 0.6 is 11.8 Å². The van der Waals surface area contributed by atoms with Gasteiger partial charge in [-0.1, -0.05) is 18.2 Å². The Hall–Kier alpha value is -2.44. The minimum absolute atomic E-state index is 0.0287. The van der Waals surface area contributed by atoms with Crippen LogP contribution in [0.2, 0.25) is 0 Å². The van der Waals surface area contributed by atoms with Gasteiger partial charge in [-0.2, -0.15) is 16.9 Å². The van der Waals surface area contributed by atoms with E-state index in [-0.39, 0.29) is 29.5 Å². The van der Waals surface area contributed by atoms with Gasteiger partial charge < -0.3 is 0 Å². The lowest BCUT2D eigenvalue weighted by molar-refractivity contribution is -0.123. The highest BCUT2D eigenvalue weighted by Crippen LogP contribution is 2.14. The van der Waals surface area contributed by atoms with E-state index in [9.17, 15) is 22.8 Å². The van der Waals surface area contributed by atoms with Gasteiger partial charge in [0.1, 0.15) is 6.04 Å². The van der Waals surface area contributed by atoms with Crippen LogP contribution in [0.1, 0.15) is 43.7 Å². The molecular weight excluding hydrogens is 442 g/mol. The van der Waals surface area contributed by atoms with Crippen LogP contribution in [0.4, 0.5) is 0 Å². The molecule has 1 atom stereocenters. The molecule has 0 fully saturated rings. The lowest BCUT2D eigenvalue weighted by atomic mass is 10.1. The predicted molar refractivity (Wildman–Crippen MR) is 121 cm³/mol. The number of hydrogen-bond donors (Lipinski definition) is 3. The second-order valence-electron chi connectivity index (χ2n) is 7.04. The Bertz CT molecular complexity index is 1110. The number of carbonyl (C=O) groups excluding carboxylic acids is 2. The summed E-state index contributed by atoms with van der Waals surface area (Å²) in [6.07, 6.45) is 2.09. The Morgan fingerprint density at radius 3 is 2.39 bits per heavy atom. The summed E-state index contributed by atoms with van der Waals surface area (Å²) < 4.78 is 27.3. The number of carbonyl (C=O) groups is 2. The maximum atomic E-state index is 12.8. The zero-order valence-electron chi connectivity index (χ0n) is 17.8. The van der Waals surface area contributed by atoms with Gasteiger partial charge in [0.25, 0.3) is 17.4 Å². The molecule has 2 aromatic rings. The van der Waals surface area contributed by atoms with Crippen LogP contribution in [0.5, 0.6) is 0 Å². The van der Waals surface area contributed by atoms with Crippen LogP contribution in [-0.2, 0) is 14.8 Å². The average Bonchev–Trinajstić information content (AvgIpc) is 2.74. The zero-order valence-corrected chi connectivity index (χ0v) is 19.5. The third kappa shape index (κ3) is 6.28. The normalized spacial score (nSPS) is 12.7. The van der Waals surface area contributed by atoms with E-state index in [1.54, 1.807) is 38.1 Å². The predicted octanol–water partition coefficient (Wildman–Crippen LogP) is 0.799. The van der Waals surface area contributed by atoms with Crippen LogP contribution in [-0.4, -0.2) is 53.8 Å². The zero-order chi connectivity index (χ0) is 23.2. The van der Waals surface area contributed by atoms with Gasteiger partial charge in [-0.25, -0.2) is 17.8 Å². The van der Waals surface area contributed by atoms with Crippen LogP contribution in [0, 0.1) is 0 Å². The molecule has 0 aliphatic rings. The summed E-state index contributed by atoms with van der Waals surface area (Å²) in [5.74, 6) is -1.04. The van der Waals surface area contributed by atoms with Gasteiger partial charge >= 0.3 is 0 Å². The van der Waals surface area contributed by atoms with Crippen LogP contribution in [0.3, 0.4) is 0 Å².